The van der Waals surface area contributed by atoms with Crippen LogP contribution in [0.15, 0.2) is 0 Å². The summed E-state index contributed by atoms with van der Waals surface area (Å²) >= 11 is 0. The Labute approximate surface area is 94.2 Å². The van der Waals surface area contributed by atoms with Gasteiger partial charge < -0.3 is 19.7 Å². The Hall–Kier alpha value is -1.14. The third-order valence-electron chi connectivity index (χ3n) is 1.77. The van der Waals surface area contributed by atoms with Crippen LogP contribution < -0.4 is 0 Å². The molecule has 0 amide bonds. The van der Waals surface area contributed by atoms with Crippen LogP contribution in [-0.4, -0.2) is 47.1 Å². The zero-order chi connectivity index (χ0) is 12.7. The molecule has 0 radical (unpaired) electrons. The quantitative estimate of drug-likeness (QED) is 0.608. The number of aliphatic hydroxyl groups is 2. The van der Waals surface area contributed by atoms with E-state index in [1.165, 1.54) is 13.8 Å². The summed E-state index contributed by atoms with van der Waals surface area (Å²) in [7, 11) is 0. The molecule has 0 rings (SSSR count). The van der Waals surface area contributed by atoms with Crippen LogP contribution >= 0.6 is 0 Å². The number of carbonyl (C=O) groups is 2. The van der Waals surface area contributed by atoms with Crippen molar-refractivity contribution in [3.8, 4) is 0 Å². The van der Waals surface area contributed by atoms with Crippen LogP contribution in [0, 0.1) is 0 Å². The van der Waals surface area contributed by atoms with Gasteiger partial charge in [0, 0.05) is 6.42 Å². The Morgan fingerprint density at radius 2 is 1.56 bits per heavy atom. The molecule has 0 aliphatic heterocycles. The molecular weight excluding hydrogens is 216 g/mol. The van der Waals surface area contributed by atoms with Gasteiger partial charge in [-0.05, 0) is 20.8 Å². The highest BCUT2D eigenvalue weighted by Crippen LogP contribution is 2.01. The highest BCUT2D eigenvalue weighted by Gasteiger charge is 2.15. The Morgan fingerprint density at radius 3 is 2.00 bits per heavy atom. The standard InChI is InChI=1S/C10H18O6/c1-6(16-10(14)8(3)12)4-5-15-9(13)7(2)11/h6-8,11-12H,4-5H2,1-3H3/t6-,7+,8-/m1/s1. The van der Waals surface area contributed by atoms with Crippen molar-refractivity contribution in [2.45, 2.75) is 45.5 Å². The first-order chi connectivity index (χ1) is 7.34. The van der Waals surface area contributed by atoms with Crippen LogP contribution in [-0.2, 0) is 19.1 Å². The number of ether oxygens (including phenoxy) is 2. The van der Waals surface area contributed by atoms with Gasteiger partial charge >= 0.3 is 11.9 Å². The van der Waals surface area contributed by atoms with Crippen LogP contribution in [0.2, 0.25) is 0 Å². The van der Waals surface area contributed by atoms with Crippen molar-refractivity contribution in [2.75, 3.05) is 6.61 Å². The van der Waals surface area contributed by atoms with E-state index in [0.717, 1.165) is 0 Å². The third kappa shape index (κ3) is 6.36. The molecule has 0 unspecified atom stereocenters. The fourth-order valence-electron chi connectivity index (χ4n) is 0.802. The van der Waals surface area contributed by atoms with Crippen molar-refractivity contribution in [1.82, 2.24) is 0 Å². The summed E-state index contributed by atoms with van der Waals surface area (Å²) in [6.07, 6.45) is -2.46. The second kappa shape index (κ2) is 7.19. The first-order valence-electron chi connectivity index (χ1n) is 5.07. The minimum atomic E-state index is -1.16. The van der Waals surface area contributed by atoms with E-state index < -0.39 is 30.3 Å². The second-order valence-corrected chi connectivity index (χ2v) is 3.56. The Bertz CT molecular complexity index is 235. The van der Waals surface area contributed by atoms with Gasteiger partial charge in [0.05, 0.1) is 6.61 Å². The number of carbonyl (C=O) groups excluding carboxylic acids is 2. The van der Waals surface area contributed by atoms with E-state index in [1.54, 1.807) is 6.92 Å². The summed E-state index contributed by atoms with van der Waals surface area (Å²) in [5.41, 5.74) is 0. The highest BCUT2D eigenvalue weighted by atomic mass is 16.6. The van der Waals surface area contributed by atoms with Crippen LogP contribution in [0.3, 0.4) is 0 Å². The molecule has 0 aromatic rings. The van der Waals surface area contributed by atoms with Gasteiger partial charge in [-0.3, -0.25) is 0 Å². The summed E-state index contributed by atoms with van der Waals surface area (Å²) < 4.78 is 9.48. The molecular formula is C10H18O6. The van der Waals surface area contributed by atoms with Gasteiger partial charge in [-0.2, -0.15) is 0 Å². The Balaban J connectivity index is 3.70. The number of esters is 2. The maximum absolute atomic E-state index is 10.9. The lowest BCUT2D eigenvalue weighted by molar-refractivity contribution is -0.159. The van der Waals surface area contributed by atoms with Gasteiger partial charge in [-0.25, -0.2) is 9.59 Å². The summed E-state index contributed by atoms with van der Waals surface area (Å²) in [5.74, 6) is -1.43. The maximum Gasteiger partial charge on any atom is 0.334 e. The first kappa shape index (κ1) is 14.9. The number of aliphatic hydroxyl groups excluding tert-OH is 2. The average molecular weight is 234 g/mol. The lowest BCUT2D eigenvalue weighted by Crippen LogP contribution is -2.26. The molecule has 0 aromatic heterocycles. The van der Waals surface area contributed by atoms with Gasteiger partial charge in [-0.1, -0.05) is 0 Å². The van der Waals surface area contributed by atoms with Crippen molar-refractivity contribution in [2.24, 2.45) is 0 Å². The van der Waals surface area contributed by atoms with Crippen molar-refractivity contribution >= 4 is 11.9 Å². The van der Waals surface area contributed by atoms with Gasteiger partial charge in [0.1, 0.15) is 18.3 Å². The molecule has 94 valence electrons. The molecule has 0 saturated heterocycles. The monoisotopic (exact) mass is 234 g/mol. The van der Waals surface area contributed by atoms with Gasteiger partial charge in [0.15, 0.2) is 0 Å². The van der Waals surface area contributed by atoms with E-state index >= 15 is 0 Å². The predicted octanol–water partition coefficient (Wildman–Crippen LogP) is -0.387. The molecule has 0 fully saturated rings. The summed E-state index contributed by atoms with van der Waals surface area (Å²) in [5, 5.41) is 17.7. The SMILES string of the molecule is C[C@H](CCOC(=O)[C@H](C)O)OC(=O)[C@@H](C)O. The van der Waals surface area contributed by atoms with Crippen LogP contribution in [0.25, 0.3) is 0 Å². The summed E-state index contributed by atoms with van der Waals surface area (Å²) in [4.78, 5) is 21.8. The van der Waals surface area contributed by atoms with Crippen LogP contribution in [0.5, 0.6) is 0 Å². The molecule has 0 saturated carbocycles. The topological polar surface area (TPSA) is 93.1 Å². The van der Waals surface area contributed by atoms with Gasteiger partial charge in [0.25, 0.3) is 0 Å². The molecule has 0 spiro atoms. The molecule has 0 aliphatic carbocycles. The summed E-state index contributed by atoms with van der Waals surface area (Å²) in [6, 6.07) is 0. The molecule has 0 aliphatic rings. The smallest absolute Gasteiger partial charge is 0.334 e. The maximum atomic E-state index is 10.9. The largest absolute Gasteiger partial charge is 0.464 e. The highest BCUT2D eigenvalue weighted by molar-refractivity contribution is 5.74. The summed E-state index contributed by atoms with van der Waals surface area (Å²) in [6.45, 7) is 4.29. The fraction of sp³-hybridized carbons (Fsp3) is 0.800. The van der Waals surface area contributed by atoms with E-state index in [9.17, 15) is 9.59 Å². The lowest BCUT2D eigenvalue weighted by atomic mass is 10.3. The predicted molar refractivity (Wildman–Crippen MR) is 54.5 cm³/mol. The zero-order valence-corrected chi connectivity index (χ0v) is 9.67. The molecule has 2 N–H and O–H groups in total. The first-order valence-corrected chi connectivity index (χ1v) is 5.07. The zero-order valence-electron chi connectivity index (χ0n) is 9.67. The van der Waals surface area contributed by atoms with Crippen molar-refractivity contribution < 1.29 is 29.3 Å². The van der Waals surface area contributed by atoms with E-state index in [-0.39, 0.29) is 6.61 Å². The van der Waals surface area contributed by atoms with E-state index in [4.69, 9.17) is 14.9 Å². The Morgan fingerprint density at radius 1 is 1.06 bits per heavy atom. The van der Waals surface area contributed by atoms with E-state index in [2.05, 4.69) is 4.74 Å². The number of hydrogen-bond donors (Lipinski definition) is 2. The molecule has 6 heteroatoms. The van der Waals surface area contributed by atoms with Crippen LogP contribution in [0.4, 0.5) is 0 Å². The van der Waals surface area contributed by atoms with Gasteiger partial charge in [-0.15, -0.1) is 0 Å². The molecule has 3 atom stereocenters. The van der Waals surface area contributed by atoms with Crippen molar-refractivity contribution in [1.29, 1.82) is 0 Å². The normalized spacial score (nSPS) is 16.1. The number of hydrogen-bond acceptors (Lipinski definition) is 6. The minimum Gasteiger partial charge on any atom is -0.464 e. The molecule has 0 aromatic carbocycles. The molecule has 0 bridgehead atoms. The number of rotatable bonds is 6. The molecule has 6 nitrogen and oxygen atoms in total. The minimum absolute atomic E-state index is 0.0536. The van der Waals surface area contributed by atoms with Crippen molar-refractivity contribution in [3.05, 3.63) is 0 Å². The second-order valence-electron chi connectivity index (χ2n) is 3.56. The lowest BCUT2D eigenvalue weighted by Gasteiger charge is -2.14. The van der Waals surface area contributed by atoms with E-state index in [0.29, 0.717) is 6.42 Å². The average Bonchev–Trinajstić information content (AvgIpc) is 2.16. The van der Waals surface area contributed by atoms with E-state index in [1.807, 2.05) is 0 Å². The van der Waals surface area contributed by atoms with Crippen LogP contribution in [0.1, 0.15) is 27.2 Å². The third-order valence-corrected chi connectivity index (χ3v) is 1.77. The molecule has 0 heterocycles. The Kier molecular flexibility index (Phi) is 6.67. The fourth-order valence-corrected chi connectivity index (χ4v) is 0.802. The van der Waals surface area contributed by atoms with Crippen molar-refractivity contribution in [3.63, 3.8) is 0 Å². The molecule has 16 heavy (non-hydrogen) atoms. The van der Waals surface area contributed by atoms with Gasteiger partial charge in [0.2, 0.25) is 0 Å².